The van der Waals surface area contributed by atoms with Crippen LogP contribution < -0.4 is 0 Å². The maximum absolute atomic E-state index is 10.5. The lowest BCUT2D eigenvalue weighted by Gasteiger charge is -1.99. The Morgan fingerprint density at radius 3 is 2.54 bits per heavy atom. The topological polar surface area (TPSA) is 114 Å². The fraction of sp³-hybridized carbons (Fsp3) is 0. The molecule has 0 unspecified atom stereocenters. The average Bonchev–Trinajstić information content (AvgIpc) is 2.62. The molecule has 0 aliphatic rings. The lowest BCUT2D eigenvalue weighted by molar-refractivity contribution is -0.385. The second-order valence-electron chi connectivity index (χ2n) is 4.96. The highest BCUT2D eigenvalue weighted by Crippen LogP contribution is 2.32. The van der Waals surface area contributed by atoms with Gasteiger partial charge in [-0.15, -0.1) is 0 Å². The van der Waals surface area contributed by atoms with Crippen molar-refractivity contribution >= 4 is 40.2 Å². The molecule has 0 amide bonds. The number of halogens is 1. The summed E-state index contributed by atoms with van der Waals surface area (Å²) in [6.07, 6.45) is 4.00. The normalized spacial score (nSPS) is 10.3. The summed E-state index contributed by atoms with van der Waals surface area (Å²) in [5, 5.41) is 29.6. The van der Waals surface area contributed by atoms with Crippen LogP contribution in [0.1, 0.15) is 5.56 Å². The highest BCUT2D eigenvalue weighted by Gasteiger charge is 2.15. The van der Waals surface area contributed by atoms with Crippen LogP contribution in [-0.4, -0.2) is 26.1 Å². The maximum Gasteiger partial charge on any atom is 0.328 e. The van der Waals surface area contributed by atoms with Gasteiger partial charge in [0, 0.05) is 28.7 Å². The van der Waals surface area contributed by atoms with Gasteiger partial charge in [-0.3, -0.25) is 15.1 Å². The minimum atomic E-state index is -0.977. The van der Waals surface area contributed by atoms with Crippen LogP contribution >= 0.6 is 11.6 Å². The molecule has 2 aromatic carbocycles. The fourth-order valence-electron chi connectivity index (χ4n) is 2.04. The number of phenolic OH excluding ortho intramolecular Hbond substituents is 1. The number of pyridine rings is 1. The minimum absolute atomic E-state index is 0.252. The van der Waals surface area contributed by atoms with E-state index < -0.39 is 10.9 Å². The zero-order valence-corrected chi connectivity index (χ0v) is 14.0. The van der Waals surface area contributed by atoms with E-state index in [9.17, 15) is 20.0 Å². The van der Waals surface area contributed by atoms with E-state index >= 15 is 0 Å². The molecule has 0 aliphatic heterocycles. The first-order valence-electron chi connectivity index (χ1n) is 7.26. The highest BCUT2D eigenvalue weighted by atomic mass is 35.5. The van der Waals surface area contributed by atoms with E-state index in [4.69, 9.17) is 16.7 Å². The van der Waals surface area contributed by atoms with Crippen LogP contribution in [0.4, 0.5) is 5.69 Å². The fourth-order valence-corrected chi connectivity index (χ4v) is 2.24. The quantitative estimate of drug-likeness (QED) is 0.403. The van der Waals surface area contributed by atoms with Crippen molar-refractivity contribution in [1.82, 2.24) is 4.98 Å². The van der Waals surface area contributed by atoms with Crippen molar-refractivity contribution < 1.29 is 19.9 Å². The number of phenols is 1. The van der Waals surface area contributed by atoms with E-state index in [2.05, 4.69) is 4.98 Å². The molecule has 1 heterocycles. The van der Waals surface area contributed by atoms with Gasteiger partial charge in [0.2, 0.25) is 5.75 Å². The summed E-state index contributed by atoms with van der Waals surface area (Å²) < 4.78 is 0. The number of fused-ring (bicyclic) bond motifs is 1. The van der Waals surface area contributed by atoms with Crippen molar-refractivity contribution in [1.29, 1.82) is 0 Å². The third-order valence-corrected chi connectivity index (χ3v) is 3.58. The molecule has 26 heavy (non-hydrogen) atoms. The number of nitrogens with zero attached hydrogens (tertiary/aromatic N) is 2. The molecule has 0 radical (unpaired) electrons. The van der Waals surface area contributed by atoms with Gasteiger partial charge in [0.05, 0.1) is 4.92 Å². The zero-order chi connectivity index (χ0) is 19.1. The SMILES string of the molecule is O=C(O)C=Cc1ccccc1Cl.O=[N+]([O-])c1ccc2cccnc2c1O. The Balaban J connectivity index is 0.000000190. The van der Waals surface area contributed by atoms with Gasteiger partial charge < -0.3 is 10.2 Å². The van der Waals surface area contributed by atoms with Gasteiger partial charge in [0.1, 0.15) is 5.52 Å². The van der Waals surface area contributed by atoms with Gasteiger partial charge in [-0.05, 0) is 29.8 Å². The number of aromatic nitrogens is 1. The molecule has 0 saturated carbocycles. The Labute approximate surface area is 153 Å². The van der Waals surface area contributed by atoms with Gasteiger partial charge in [0.25, 0.3) is 0 Å². The molecule has 0 saturated heterocycles. The summed E-state index contributed by atoms with van der Waals surface area (Å²) >= 11 is 5.76. The van der Waals surface area contributed by atoms with Crippen molar-refractivity contribution in [2.75, 3.05) is 0 Å². The Bertz CT molecular complexity index is 988. The second-order valence-corrected chi connectivity index (χ2v) is 5.37. The van der Waals surface area contributed by atoms with Crippen LogP contribution in [0, 0.1) is 10.1 Å². The lowest BCUT2D eigenvalue weighted by atomic mass is 10.2. The van der Waals surface area contributed by atoms with E-state index in [0.29, 0.717) is 16.0 Å². The number of hydrogen-bond acceptors (Lipinski definition) is 5. The molecule has 0 fully saturated rings. The summed E-state index contributed by atoms with van der Waals surface area (Å²) in [7, 11) is 0. The molecule has 0 spiro atoms. The molecule has 0 bridgehead atoms. The summed E-state index contributed by atoms with van der Waals surface area (Å²) in [5.74, 6) is -1.36. The first kappa shape index (κ1) is 18.9. The Kier molecular flexibility index (Phi) is 6.24. The van der Waals surface area contributed by atoms with E-state index in [0.717, 1.165) is 6.08 Å². The molecule has 7 nitrogen and oxygen atoms in total. The molecule has 8 heteroatoms. The summed E-state index contributed by atoms with van der Waals surface area (Å²) in [5.41, 5.74) is 0.638. The first-order chi connectivity index (χ1) is 12.4. The lowest BCUT2D eigenvalue weighted by Crippen LogP contribution is -1.89. The van der Waals surface area contributed by atoms with Crippen LogP contribution in [0.3, 0.4) is 0 Å². The maximum atomic E-state index is 10.5. The summed E-state index contributed by atoms with van der Waals surface area (Å²) in [6.45, 7) is 0. The summed E-state index contributed by atoms with van der Waals surface area (Å²) in [4.78, 5) is 23.9. The average molecular weight is 373 g/mol. The number of nitro groups is 1. The molecule has 0 aliphatic carbocycles. The van der Waals surface area contributed by atoms with E-state index in [1.807, 2.05) is 0 Å². The van der Waals surface area contributed by atoms with E-state index in [-0.39, 0.29) is 17.0 Å². The van der Waals surface area contributed by atoms with Crippen molar-refractivity contribution in [2.45, 2.75) is 0 Å². The molecule has 3 aromatic rings. The number of carboxylic acids is 1. The third-order valence-electron chi connectivity index (χ3n) is 3.23. The number of rotatable bonds is 3. The van der Waals surface area contributed by atoms with Crippen molar-refractivity contribution in [3.05, 3.63) is 81.5 Å². The van der Waals surface area contributed by atoms with Gasteiger partial charge in [-0.25, -0.2) is 4.79 Å². The van der Waals surface area contributed by atoms with Gasteiger partial charge >= 0.3 is 11.7 Å². The largest absolute Gasteiger partial charge is 0.501 e. The Hall–Kier alpha value is -3.45. The van der Waals surface area contributed by atoms with E-state index in [1.165, 1.54) is 18.3 Å². The Morgan fingerprint density at radius 1 is 1.15 bits per heavy atom. The molecular formula is C18H13ClN2O5. The molecular weight excluding hydrogens is 360 g/mol. The van der Waals surface area contributed by atoms with Gasteiger partial charge in [-0.1, -0.05) is 35.9 Å². The minimum Gasteiger partial charge on any atom is -0.501 e. The van der Waals surface area contributed by atoms with Crippen LogP contribution in [0.5, 0.6) is 5.75 Å². The highest BCUT2D eigenvalue weighted by molar-refractivity contribution is 6.32. The third kappa shape index (κ3) is 4.78. The number of benzene rings is 2. The van der Waals surface area contributed by atoms with Crippen molar-refractivity contribution in [3.63, 3.8) is 0 Å². The molecule has 1 aromatic heterocycles. The molecule has 132 valence electrons. The monoisotopic (exact) mass is 372 g/mol. The molecule has 2 N–H and O–H groups in total. The molecule has 3 rings (SSSR count). The Morgan fingerprint density at radius 2 is 1.88 bits per heavy atom. The predicted molar refractivity (Wildman–Crippen MR) is 98.2 cm³/mol. The number of nitro benzene ring substituents is 1. The van der Waals surface area contributed by atoms with E-state index in [1.54, 1.807) is 42.5 Å². The number of aromatic hydroxyl groups is 1. The molecule has 0 atom stereocenters. The standard InChI is InChI=1S/C9H7ClO2.C9H6N2O3/c10-8-4-2-1-3-7(8)5-6-9(11)12;12-9-7(11(13)14)4-3-6-2-1-5-10-8(6)9/h1-6H,(H,11,12);1-5,12H. The van der Waals surface area contributed by atoms with Crippen LogP contribution in [0.15, 0.2) is 60.8 Å². The predicted octanol–water partition coefficient (Wildman–Crippen LogP) is 4.29. The zero-order valence-electron chi connectivity index (χ0n) is 13.2. The second kappa shape index (κ2) is 8.59. The van der Waals surface area contributed by atoms with Crippen molar-refractivity contribution in [2.24, 2.45) is 0 Å². The summed E-state index contributed by atoms with van der Waals surface area (Å²) in [6, 6.07) is 13.3. The van der Waals surface area contributed by atoms with Crippen LogP contribution in [0.2, 0.25) is 5.02 Å². The van der Waals surface area contributed by atoms with Crippen LogP contribution in [-0.2, 0) is 4.79 Å². The number of aliphatic carboxylic acids is 1. The van der Waals surface area contributed by atoms with Crippen LogP contribution in [0.25, 0.3) is 17.0 Å². The van der Waals surface area contributed by atoms with Crippen molar-refractivity contribution in [3.8, 4) is 5.75 Å². The number of hydrogen-bond donors (Lipinski definition) is 2. The number of carboxylic acid groups (broad SMARTS) is 1. The number of carbonyl (C=O) groups is 1. The van der Waals surface area contributed by atoms with Gasteiger partial charge in [0.15, 0.2) is 0 Å². The first-order valence-corrected chi connectivity index (χ1v) is 7.64. The van der Waals surface area contributed by atoms with Gasteiger partial charge in [-0.2, -0.15) is 0 Å². The smallest absolute Gasteiger partial charge is 0.328 e.